The van der Waals surface area contributed by atoms with Gasteiger partial charge in [0.05, 0.1) is 0 Å². The molecule has 0 spiro atoms. The number of carbonyl (C=O) groups is 2. The highest BCUT2D eigenvalue weighted by molar-refractivity contribution is 7.98. The van der Waals surface area contributed by atoms with Gasteiger partial charge in [-0.15, -0.1) is 11.8 Å². The molecule has 1 heterocycles. The summed E-state index contributed by atoms with van der Waals surface area (Å²) in [6.07, 6.45) is 4.89. The summed E-state index contributed by atoms with van der Waals surface area (Å²) in [5.74, 6) is 0.0498. The lowest BCUT2D eigenvalue weighted by Gasteiger charge is -2.12. The van der Waals surface area contributed by atoms with E-state index in [0.717, 1.165) is 10.6 Å². The van der Waals surface area contributed by atoms with Gasteiger partial charge in [0.2, 0.25) is 0 Å². The second-order valence-corrected chi connectivity index (χ2v) is 8.47. The number of nitrogens with one attached hydrogen (secondary N) is 2. The minimum absolute atomic E-state index is 0.129. The molecule has 0 fully saturated rings. The van der Waals surface area contributed by atoms with Crippen LogP contribution in [-0.2, 0) is 10.5 Å². The van der Waals surface area contributed by atoms with E-state index in [2.05, 4.69) is 27.8 Å². The Morgan fingerprint density at radius 2 is 1.62 bits per heavy atom. The zero-order chi connectivity index (χ0) is 23.6. The lowest BCUT2D eigenvalue weighted by atomic mass is 10.2. The summed E-state index contributed by atoms with van der Waals surface area (Å²) in [6, 6.07) is 30.2. The molecule has 2 N–H and O–H groups in total. The van der Waals surface area contributed by atoms with Gasteiger partial charge in [-0.05, 0) is 53.6 Å². The second-order valence-electron chi connectivity index (χ2n) is 7.42. The molecule has 4 rings (SSSR count). The highest BCUT2D eigenvalue weighted by Gasteiger charge is 2.15. The first-order valence-corrected chi connectivity index (χ1v) is 11.7. The zero-order valence-electron chi connectivity index (χ0n) is 18.3. The predicted octanol–water partition coefficient (Wildman–Crippen LogP) is 5.78. The number of benzene rings is 3. The number of thioether (sulfide) groups is 1. The molecular formula is C28H23N3O2S. The average Bonchev–Trinajstić information content (AvgIpc) is 2.89. The Balaban J connectivity index is 1.50. The van der Waals surface area contributed by atoms with Crippen molar-refractivity contribution in [2.45, 2.75) is 10.6 Å². The van der Waals surface area contributed by atoms with Crippen LogP contribution < -0.4 is 10.6 Å². The molecule has 1 aromatic heterocycles. The molecule has 4 aromatic rings. The second kappa shape index (κ2) is 11.6. The van der Waals surface area contributed by atoms with Crippen LogP contribution in [0.3, 0.4) is 0 Å². The highest BCUT2D eigenvalue weighted by atomic mass is 32.2. The lowest BCUT2D eigenvalue weighted by molar-refractivity contribution is -0.113. The zero-order valence-corrected chi connectivity index (χ0v) is 19.2. The largest absolute Gasteiger partial charge is 0.321 e. The van der Waals surface area contributed by atoms with Crippen molar-refractivity contribution in [3.05, 3.63) is 132 Å². The topological polar surface area (TPSA) is 71.1 Å². The fourth-order valence-electron chi connectivity index (χ4n) is 3.17. The maximum absolute atomic E-state index is 13.2. The molecule has 0 aliphatic heterocycles. The summed E-state index contributed by atoms with van der Waals surface area (Å²) >= 11 is 1.69. The number of nitrogens with zero attached hydrogens (tertiary/aromatic N) is 1. The first-order chi connectivity index (χ1) is 16.7. The number of anilines is 1. The maximum atomic E-state index is 13.2. The van der Waals surface area contributed by atoms with E-state index in [0.29, 0.717) is 16.8 Å². The Hall–Kier alpha value is -4.16. The van der Waals surface area contributed by atoms with Crippen molar-refractivity contribution in [1.82, 2.24) is 10.3 Å². The van der Waals surface area contributed by atoms with E-state index in [9.17, 15) is 9.59 Å². The SMILES string of the molecule is O=C(Nc1cccc(SCc2ccccc2)c1)/C(=C\c1cccnc1)NC(=O)c1ccccc1. The minimum Gasteiger partial charge on any atom is -0.321 e. The molecule has 6 heteroatoms. The fourth-order valence-corrected chi connectivity index (χ4v) is 4.08. The quantitative estimate of drug-likeness (QED) is 0.255. The first-order valence-electron chi connectivity index (χ1n) is 10.7. The van der Waals surface area contributed by atoms with Gasteiger partial charge < -0.3 is 10.6 Å². The Bertz CT molecular complexity index is 1280. The van der Waals surface area contributed by atoms with Crippen molar-refractivity contribution in [3.8, 4) is 0 Å². The third kappa shape index (κ3) is 6.67. The average molecular weight is 466 g/mol. The van der Waals surface area contributed by atoms with Crippen molar-refractivity contribution >= 4 is 35.3 Å². The van der Waals surface area contributed by atoms with Crippen LogP contribution >= 0.6 is 11.8 Å². The van der Waals surface area contributed by atoms with E-state index >= 15 is 0 Å². The van der Waals surface area contributed by atoms with Crippen LogP contribution in [0.5, 0.6) is 0 Å². The third-order valence-corrected chi connectivity index (χ3v) is 5.93. The molecular weight excluding hydrogens is 442 g/mol. The van der Waals surface area contributed by atoms with Crippen LogP contribution in [0.1, 0.15) is 21.5 Å². The minimum atomic E-state index is -0.418. The molecule has 0 aliphatic carbocycles. The molecule has 0 saturated carbocycles. The standard InChI is InChI=1S/C28H23N3O2S/c32-27(23-12-5-2-6-13-23)31-26(17-22-11-8-16-29-19-22)28(33)30-24-14-7-15-25(18-24)34-20-21-9-3-1-4-10-21/h1-19H,20H2,(H,30,33)(H,31,32)/b26-17+. The predicted molar refractivity (Wildman–Crippen MR) is 137 cm³/mol. The Morgan fingerprint density at radius 3 is 2.35 bits per heavy atom. The molecule has 0 radical (unpaired) electrons. The van der Waals surface area contributed by atoms with E-state index in [-0.39, 0.29) is 11.6 Å². The van der Waals surface area contributed by atoms with Gasteiger partial charge in [0.15, 0.2) is 0 Å². The van der Waals surface area contributed by atoms with Gasteiger partial charge in [0.1, 0.15) is 5.70 Å². The van der Waals surface area contributed by atoms with Crippen molar-refractivity contribution < 1.29 is 9.59 Å². The molecule has 0 unspecified atom stereocenters. The monoisotopic (exact) mass is 465 g/mol. The highest BCUT2D eigenvalue weighted by Crippen LogP contribution is 2.25. The Kier molecular flexibility index (Phi) is 7.87. The number of hydrogen-bond acceptors (Lipinski definition) is 4. The Labute approximate surface area is 203 Å². The van der Waals surface area contributed by atoms with Crippen molar-refractivity contribution in [2.75, 3.05) is 5.32 Å². The molecule has 0 atom stereocenters. The molecule has 0 aliphatic rings. The summed E-state index contributed by atoms with van der Waals surface area (Å²) in [6.45, 7) is 0. The molecule has 2 amide bonds. The number of amides is 2. The number of rotatable bonds is 8. The van der Waals surface area contributed by atoms with Crippen LogP contribution in [0.4, 0.5) is 5.69 Å². The summed E-state index contributed by atoms with van der Waals surface area (Å²) in [5, 5.41) is 5.64. The van der Waals surface area contributed by atoms with Gasteiger partial charge in [-0.1, -0.05) is 60.7 Å². The molecule has 3 aromatic carbocycles. The van der Waals surface area contributed by atoms with E-state index in [1.807, 2.05) is 54.6 Å². The normalized spacial score (nSPS) is 11.0. The van der Waals surface area contributed by atoms with E-state index in [1.54, 1.807) is 60.6 Å². The Morgan fingerprint density at radius 1 is 0.853 bits per heavy atom. The molecule has 0 bridgehead atoms. The van der Waals surface area contributed by atoms with Crippen molar-refractivity contribution in [3.63, 3.8) is 0 Å². The third-order valence-electron chi connectivity index (χ3n) is 4.86. The van der Waals surface area contributed by atoms with Gasteiger partial charge in [-0.25, -0.2) is 0 Å². The van der Waals surface area contributed by atoms with Gasteiger partial charge in [-0.2, -0.15) is 0 Å². The molecule has 0 saturated heterocycles. The van der Waals surface area contributed by atoms with E-state index in [1.165, 1.54) is 5.56 Å². The number of carbonyl (C=O) groups excluding carboxylic acids is 2. The van der Waals surface area contributed by atoms with Crippen LogP contribution in [0.15, 0.2) is 120 Å². The van der Waals surface area contributed by atoms with Gasteiger partial charge >= 0.3 is 0 Å². The molecule has 34 heavy (non-hydrogen) atoms. The smallest absolute Gasteiger partial charge is 0.272 e. The van der Waals surface area contributed by atoms with Crippen molar-refractivity contribution in [1.29, 1.82) is 0 Å². The van der Waals surface area contributed by atoms with E-state index < -0.39 is 5.91 Å². The van der Waals surface area contributed by atoms with Crippen molar-refractivity contribution in [2.24, 2.45) is 0 Å². The fraction of sp³-hybridized carbons (Fsp3) is 0.0357. The number of aromatic nitrogens is 1. The first kappa shape index (κ1) is 23.0. The summed E-state index contributed by atoms with van der Waals surface area (Å²) in [7, 11) is 0. The van der Waals surface area contributed by atoms with Crippen LogP contribution in [0.25, 0.3) is 6.08 Å². The van der Waals surface area contributed by atoms with Crippen LogP contribution in [-0.4, -0.2) is 16.8 Å². The van der Waals surface area contributed by atoms with Gasteiger partial charge in [-0.3, -0.25) is 14.6 Å². The summed E-state index contributed by atoms with van der Waals surface area (Å²) in [4.78, 5) is 31.0. The number of pyridine rings is 1. The summed E-state index contributed by atoms with van der Waals surface area (Å²) < 4.78 is 0. The maximum Gasteiger partial charge on any atom is 0.272 e. The lowest BCUT2D eigenvalue weighted by Crippen LogP contribution is -2.30. The summed E-state index contributed by atoms with van der Waals surface area (Å²) in [5.41, 5.74) is 3.17. The van der Waals surface area contributed by atoms with Crippen LogP contribution in [0, 0.1) is 0 Å². The molecule has 168 valence electrons. The van der Waals surface area contributed by atoms with Gasteiger partial charge in [0.25, 0.3) is 11.8 Å². The number of hydrogen-bond donors (Lipinski definition) is 2. The van der Waals surface area contributed by atoms with E-state index in [4.69, 9.17) is 0 Å². The molecule has 5 nitrogen and oxygen atoms in total. The van der Waals surface area contributed by atoms with Crippen LogP contribution in [0.2, 0.25) is 0 Å². The van der Waals surface area contributed by atoms with Gasteiger partial charge in [0, 0.05) is 34.3 Å².